The number of methoxy groups -OCH3 is 1. The van der Waals surface area contributed by atoms with Gasteiger partial charge in [0, 0.05) is 10.2 Å². The number of ether oxygens (including phenoxy) is 2. The van der Waals surface area contributed by atoms with Gasteiger partial charge in [-0.3, -0.25) is 0 Å². The molecule has 0 saturated carbocycles. The van der Waals surface area contributed by atoms with E-state index in [1.165, 1.54) is 20.2 Å². The Labute approximate surface area is 164 Å². The average molecular weight is 436 g/mol. The first-order valence-corrected chi connectivity index (χ1v) is 8.61. The number of carbonyl (C=O) groups excluding carboxylic acids is 1. The molecule has 0 unspecified atom stereocenters. The molecule has 8 nitrogen and oxygen atoms in total. The monoisotopic (exact) mass is 435 g/mol. The zero-order valence-corrected chi connectivity index (χ0v) is 16.2. The predicted octanol–water partition coefficient (Wildman–Crippen LogP) is 3.47. The number of nitrogens with one attached hydrogen (secondary N) is 2. The summed E-state index contributed by atoms with van der Waals surface area (Å²) in [5, 5.41) is 15.4. The van der Waals surface area contributed by atoms with Gasteiger partial charge in [0.25, 0.3) is 0 Å². The minimum absolute atomic E-state index is 0.297. The van der Waals surface area contributed by atoms with Crippen LogP contribution in [0.15, 0.2) is 52.0 Å². The number of hydrazone groups is 1. The van der Waals surface area contributed by atoms with Gasteiger partial charge in [-0.15, -0.1) is 0 Å². The van der Waals surface area contributed by atoms with Crippen LogP contribution in [0.2, 0.25) is 0 Å². The van der Waals surface area contributed by atoms with Crippen LogP contribution in [0.1, 0.15) is 12.5 Å². The molecule has 2 amide bonds. The maximum absolute atomic E-state index is 11.8. The van der Waals surface area contributed by atoms with E-state index in [9.17, 15) is 9.59 Å². The molecular weight excluding hydrogens is 418 g/mol. The molecule has 0 heterocycles. The van der Waals surface area contributed by atoms with Crippen LogP contribution in [-0.4, -0.2) is 36.5 Å². The topological polar surface area (TPSA) is 109 Å². The van der Waals surface area contributed by atoms with Crippen molar-refractivity contribution in [1.29, 1.82) is 0 Å². The van der Waals surface area contributed by atoms with Gasteiger partial charge in [-0.05, 0) is 55.0 Å². The molecule has 0 aliphatic heterocycles. The molecule has 142 valence electrons. The van der Waals surface area contributed by atoms with Crippen LogP contribution in [0.5, 0.6) is 11.5 Å². The highest BCUT2D eigenvalue weighted by Crippen LogP contribution is 2.28. The van der Waals surface area contributed by atoms with Crippen molar-refractivity contribution in [2.75, 3.05) is 12.4 Å². The number of urea groups is 1. The van der Waals surface area contributed by atoms with Crippen LogP contribution >= 0.6 is 15.9 Å². The van der Waals surface area contributed by atoms with Crippen molar-refractivity contribution in [1.82, 2.24) is 5.43 Å². The molecule has 9 heteroatoms. The maximum Gasteiger partial charge on any atom is 0.344 e. The van der Waals surface area contributed by atoms with Crippen molar-refractivity contribution in [3.8, 4) is 11.5 Å². The van der Waals surface area contributed by atoms with Crippen molar-refractivity contribution in [3.63, 3.8) is 0 Å². The number of carboxylic acids is 1. The van der Waals surface area contributed by atoms with E-state index in [2.05, 4.69) is 31.8 Å². The number of rotatable bonds is 7. The molecule has 2 aromatic rings. The molecule has 3 N–H and O–H groups in total. The summed E-state index contributed by atoms with van der Waals surface area (Å²) < 4.78 is 11.4. The van der Waals surface area contributed by atoms with E-state index in [1.54, 1.807) is 42.5 Å². The van der Waals surface area contributed by atoms with Crippen LogP contribution in [0, 0.1) is 0 Å². The third kappa shape index (κ3) is 6.30. The van der Waals surface area contributed by atoms with Gasteiger partial charge in [-0.25, -0.2) is 15.0 Å². The number of nitrogens with zero attached hydrogens (tertiary/aromatic N) is 1. The Kier molecular flexibility index (Phi) is 7.18. The molecule has 0 bridgehead atoms. The van der Waals surface area contributed by atoms with Crippen LogP contribution in [0.25, 0.3) is 0 Å². The lowest BCUT2D eigenvalue weighted by Crippen LogP contribution is -2.24. The number of halogens is 1. The zero-order chi connectivity index (χ0) is 19.8. The molecular formula is C18H18BrN3O5. The fraction of sp³-hybridized carbons (Fsp3) is 0.167. The van der Waals surface area contributed by atoms with Gasteiger partial charge >= 0.3 is 12.0 Å². The van der Waals surface area contributed by atoms with Gasteiger partial charge in [0.2, 0.25) is 0 Å². The number of carboxylic acid groups (broad SMARTS) is 1. The Hall–Kier alpha value is -3.07. The van der Waals surface area contributed by atoms with Gasteiger partial charge in [0.15, 0.2) is 17.6 Å². The smallest absolute Gasteiger partial charge is 0.344 e. The summed E-state index contributed by atoms with van der Waals surface area (Å²) in [6.45, 7) is 1.42. The summed E-state index contributed by atoms with van der Waals surface area (Å²) in [5.74, 6) is -0.430. The molecule has 0 aromatic heterocycles. The Balaban J connectivity index is 1.96. The Morgan fingerprint density at radius 2 is 1.89 bits per heavy atom. The minimum atomic E-state index is -1.08. The maximum atomic E-state index is 11.8. The van der Waals surface area contributed by atoms with Crippen LogP contribution in [-0.2, 0) is 4.79 Å². The lowest BCUT2D eigenvalue weighted by atomic mass is 10.2. The molecule has 2 aromatic carbocycles. The van der Waals surface area contributed by atoms with Crippen molar-refractivity contribution in [2.45, 2.75) is 13.0 Å². The van der Waals surface area contributed by atoms with E-state index in [1.807, 2.05) is 0 Å². The number of hydrogen-bond acceptors (Lipinski definition) is 5. The second kappa shape index (κ2) is 9.58. The average Bonchev–Trinajstić information content (AvgIpc) is 2.64. The van der Waals surface area contributed by atoms with Crippen LogP contribution in [0.3, 0.4) is 0 Å². The lowest BCUT2D eigenvalue weighted by Gasteiger charge is -2.14. The summed E-state index contributed by atoms with van der Waals surface area (Å²) in [6.07, 6.45) is 0.413. The van der Waals surface area contributed by atoms with E-state index < -0.39 is 18.1 Å². The number of carbonyl (C=O) groups is 2. The molecule has 27 heavy (non-hydrogen) atoms. The highest BCUT2D eigenvalue weighted by Gasteiger charge is 2.15. The molecule has 2 rings (SSSR count). The van der Waals surface area contributed by atoms with E-state index in [0.717, 1.165) is 4.47 Å². The molecule has 0 spiro atoms. The van der Waals surface area contributed by atoms with Crippen LogP contribution < -0.4 is 20.2 Å². The summed E-state index contributed by atoms with van der Waals surface area (Å²) >= 11 is 3.32. The van der Waals surface area contributed by atoms with Crippen molar-refractivity contribution in [2.24, 2.45) is 5.10 Å². The fourth-order valence-electron chi connectivity index (χ4n) is 1.96. The first-order chi connectivity index (χ1) is 12.9. The second-order valence-electron chi connectivity index (χ2n) is 5.34. The Bertz CT molecular complexity index is 839. The van der Waals surface area contributed by atoms with Crippen molar-refractivity contribution >= 4 is 39.8 Å². The molecule has 0 aliphatic carbocycles. The number of benzene rings is 2. The highest BCUT2D eigenvalue weighted by molar-refractivity contribution is 9.10. The minimum Gasteiger partial charge on any atom is -0.493 e. The predicted molar refractivity (Wildman–Crippen MR) is 105 cm³/mol. The van der Waals surface area contributed by atoms with E-state index >= 15 is 0 Å². The Morgan fingerprint density at radius 1 is 1.19 bits per heavy atom. The number of amides is 2. The molecule has 1 atom stereocenters. The van der Waals surface area contributed by atoms with Crippen molar-refractivity contribution in [3.05, 3.63) is 52.5 Å². The quantitative estimate of drug-likeness (QED) is 0.455. The van der Waals surface area contributed by atoms with Gasteiger partial charge in [0.05, 0.1) is 13.3 Å². The van der Waals surface area contributed by atoms with Gasteiger partial charge in [0.1, 0.15) is 0 Å². The van der Waals surface area contributed by atoms with E-state index in [4.69, 9.17) is 14.6 Å². The van der Waals surface area contributed by atoms with Gasteiger partial charge in [-0.2, -0.15) is 5.10 Å². The molecule has 0 radical (unpaired) electrons. The van der Waals surface area contributed by atoms with Crippen LogP contribution in [0.4, 0.5) is 10.5 Å². The number of anilines is 1. The first-order valence-electron chi connectivity index (χ1n) is 7.82. The third-order valence-electron chi connectivity index (χ3n) is 3.32. The lowest BCUT2D eigenvalue weighted by molar-refractivity contribution is -0.144. The van der Waals surface area contributed by atoms with E-state index in [-0.39, 0.29) is 0 Å². The third-order valence-corrected chi connectivity index (χ3v) is 3.85. The summed E-state index contributed by atoms with van der Waals surface area (Å²) in [7, 11) is 1.44. The summed E-state index contributed by atoms with van der Waals surface area (Å²) in [4.78, 5) is 22.7. The highest BCUT2D eigenvalue weighted by atomic mass is 79.9. The Morgan fingerprint density at radius 3 is 2.52 bits per heavy atom. The van der Waals surface area contributed by atoms with Gasteiger partial charge < -0.3 is 19.9 Å². The van der Waals surface area contributed by atoms with Gasteiger partial charge in [-0.1, -0.05) is 15.9 Å². The SMILES string of the molecule is COc1cc(/C=N/NC(=O)Nc2ccc(Br)cc2)ccc1O[C@@H](C)C(=O)O. The number of hydrogen-bond donors (Lipinski definition) is 3. The first kappa shape index (κ1) is 20.2. The van der Waals surface area contributed by atoms with E-state index in [0.29, 0.717) is 22.7 Å². The zero-order valence-electron chi connectivity index (χ0n) is 14.6. The normalized spacial score (nSPS) is 11.7. The summed E-state index contributed by atoms with van der Waals surface area (Å²) in [6, 6.07) is 11.5. The molecule has 0 saturated heterocycles. The summed E-state index contributed by atoms with van der Waals surface area (Å²) in [5.41, 5.74) is 3.61. The van der Waals surface area contributed by atoms with Crippen molar-refractivity contribution < 1.29 is 24.2 Å². The second-order valence-corrected chi connectivity index (χ2v) is 6.26. The molecule has 0 fully saturated rings. The number of aliphatic carboxylic acids is 1. The molecule has 0 aliphatic rings. The largest absolute Gasteiger partial charge is 0.493 e. The fourth-order valence-corrected chi connectivity index (χ4v) is 2.22. The standard InChI is InChI=1S/C18H18BrN3O5/c1-11(17(23)24)27-15-8-3-12(9-16(15)26-2)10-20-22-18(25)21-14-6-4-13(19)5-7-14/h3-11H,1-2H3,(H,23,24)(H2,21,22,25)/b20-10+/t11-/m0/s1.